The molecule has 0 fully saturated rings. The Morgan fingerprint density at radius 1 is 1.06 bits per heavy atom. The van der Waals surface area contributed by atoms with Gasteiger partial charge in [-0.25, -0.2) is 0 Å². The van der Waals surface area contributed by atoms with E-state index in [1.165, 1.54) is 6.07 Å². The molecule has 0 amide bonds. The fourth-order valence-corrected chi connectivity index (χ4v) is 2.13. The first kappa shape index (κ1) is 11.5. The zero-order valence-electron chi connectivity index (χ0n) is 10.2. The van der Waals surface area contributed by atoms with Gasteiger partial charge in [0.1, 0.15) is 5.75 Å². The Bertz CT molecular complexity index is 606. The molecule has 1 heterocycles. The number of hydrogen-bond donors (Lipinski definition) is 1. The number of pyridine rings is 1. The van der Waals surface area contributed by atoms with E-state index >= 15 is 0 Å². The van der Waals surface area contributed by atoms with Crippen LogP contribution in [0.3, 0.4) is 0 Å². The van der Waals surface area contributed by atoms with E-state index in [1.54, 1.807) is 10.6 Å². The average Bonchev–Trinajstić information content (AvgIpc) is 2.21. The number of para-hydroxylation sites is 1. The molecule has 0 saturated heterocycles. The molecule has 0 unspecified atom stereocenters. The van der Waals surface area contributed by atoms with Crippen LogP contribution in [0.2, 0.25) is 0 Å². The predicted octanol–water partition coefficient (Wildman–Crippen LogP) is 2.47. The molecule has 0 radical (unpaired) electrons. The van der Waals surface area contributed by atoms with Crippen LogP contribution in [0.4, 0.5) is 0 Å². The number of aromatic nitrogens is 1. The van der Waals surface area contributed by atoms with Crippen molar-refractivity contribution < 1.29 is 5.11 Å². The third-order valence-electron chi connectivity index (χ3n) is 2.86. The molecule has 0 aliphatic heterocycles. The van der Waals surface area contributed by atoms with Crippen molar-refractivity contribution in [2.24, 2.45) is 0 Å². The Hall–Kier alpha value is -2.03. The minimum absolute atomic E-state index is 0.00925. The molecule has 2 rings (SSSR count). The van der Waals surface area contributed by atoms with E-state index in [1.807, 2.05) is 39.0 Å². The Morgan fingerprint density at radius 2 is 1.65 bits per heavy atom. The SMILES string of the molecule is Cc1cccc(C)c1-n1c(C)cc(O)cc1=O. The van der Waals surface area contributed by atoms with Crippen LogP contribution in [0.15, 0.2) is 35.1 Å². The summed E-state index contributed by atoms with van der Waals surface area (Å²) in [5.74, 6) is 0.00925. The van der Waals surface area contributed by atoms with E-state index in [2.05, 4.69) is 0 Å². The average molecular weight is 229 g/mol. The van der Waals surface area contributed by atoms with Gasteiger partial charge in [-0.15, -0.1) is 0 Å². The highest BCUT2D eigenvalue weighted by atomic mass is 16.3. The highest BCUT2D eigenvalue weighted by Crippen LogP contribution is 2.20. The Balaban J connectivity index is 2.82. The standard InChI is InChI=1S/C14H15NO2/c1-9-5-4-6-10(2)14(9)15-11(3)7-12(16)8-13(15)17/h4-8,16H,1-3H3. The maximum Gasteiger partial charge on any atom is 0.259 e. The normalized spacial score (nSPS) is 10.5. The molecule has 0 aliphatic rings. The van der Waals surface area contributed by atoms with Gasteiger partial charge < -0.3 is 5.11 Å². The second-order valence-electron chi connectivity index (χ2n) is 4.27. The van der Waals surface area contributed by atoms with Crippen LogP contribution < -0.4 is 5.56 Å². The maximum atomic E-state index is 12.0. The van der Waals surface area contributed by atoms with Crippen LogP contribution in [0.1, 0.15) is 16.8 Å². The van der Waals surface area contributed by atoms with Crippen molar-refractivity contribution in [1.82, 2.24) is 4.57 Å². The smallest absolute Gasteiger partial charge is 0.259 e. The summed E-state index contributed by atoms with van der Waals surface area (Å²) in [5, 5.41) is 9.39. The lowest BCUT2D eigenvalue weighted by Gasteiger charge is -2.15. The summed E-state index contributed by atoms with van der Waals surface area (Å²) in [6, 6.07) is 8.74. The van der Waals surface area contributed by atoms with Crippen molar-refractivity contribution in [3.63, 3.8) is 0 Å². The molecule has 1 N–H and O–H groups in total. The number of rotatable bonds is 1. The molecule has 0 saturated carbocycles. The fourth-order valence-electron chi connectivity index (χ4n) is 2.13. The first-order chi connectivity index (χ1) is 8.00. The van der Waals surface area contributed by atoms with Crippen LogP contribution in [0.25, 0.3) is 5.69 Å². The minimum atomic E-state index is -0.208. The molecule has 3 nitrogen and oxygen atoms in total. The van der Waals surface area contributed by atoms with Crippen LogP contribution in [-0.2, 0) is 0 Å². The fraction of sp³-hybridized carbons (Fsp3) is 0.214. The molecule has 0 spiro atoms. The highest BCUT2D eigenvalue weighted by Gasteiger charge is 2.09. The number of aromatic hydroxyl groups is 1. The number of aryl methyl sites for hydroxylation is 3. The Morgan fingerprint density at radius 3 is 2.18 bits per heavy atom. The molecule has 1 aromatic carbocycles. The summed E-state index contributed by atoms with van der Waals surface area (Å²) in [6.45, 7) is 5.76. The number of nitrogens with zero attached hydrogens (tertiary/aromatic N) is 1. The van der Waals surface area contributed by atoms with Gasteiger partial charge in [-0.1, -0.05) is 18.2 Å². The third-order valence-corrected chi connectivity index (χ3v) is 2.86. The topological polar surface area (TPSA) is 42.2 Å². The summed E-state index contributed by atoms with van der Waals surface area (Å²) in [4.78, 5) is 12.0. The number of benzene rings is 1. The molecule has 3 heteroatoms. The van der Waals surface area contributed by atoms with Crippen LogP contribution in [-0.4, -0.2) is 9.67 Å². The van der Waals surface area contributed by atoms with Crippen LogP contribution in [0.5, 0.6) is 5.75 Å². The van der Waals surface area contributed by atoms with E-state index in [0.29, 0.717) is 0 Å². The summed E-state index contributed by atoms with van der Waals surface area (Å²) in [7, 11) is 0. The van der Waals surface area contributed by atoms with E-state index < -0.39 is 0 Å². The summed E-state index contributed by atoms with van der Waals surface area (Å²) in [5.41, 5.74) is 3.50. The van der Waals surface area contributed by atoms with Gasteiger partial charge in [-0.2, -0.15) is 0 Å². The molecule has 17 heavy (non-hydrogen) atoms. The molecular weight excluding hydrogens is 214 g/mol. The zero-order valence-corrected chi connectivity index (χ0v) is 10.2. The quantitative estimate of drug-likeness (QED) is 0.816. The lowest BCUT2D eigenvalue weighted by atomic mass is 10.1. The maximum absolute atomic E-state index is 12.0. The second-order valence-corrected chi connectivity index (χ2v) is 4.27. The number of hydrogen-bond acceptors (Lipinski definition) is 2. The van der Waals surface area contributed by atoms with E-state index in [9.17, 15) is 9.90 Å². The predicted molar refractivity (Wildman–Crippen MR) is 67.9 cm³/mol. The molecule has 0 atom stereocenters. The van der Waals surface area contributed by atoms with Crippen molar-refractivity contribution >= 4 is 0 Å². The second kappa shape index (κ2) is 4.09. The molecule has 2 aromatic rings. The minimum Gasteiger partial charge on any atom is -0.508 e. The molecule has 0 aliphatic carbocycles. The van der Waals surface area contributed by atoms with E-state index in [0.717, 1.165) is 22.5 Å². The van der Waals surface area contributed by atoms with Crippen LogP contribution >= 0.6 is 0 Å². The van der Waals surface area contributed by atoms with Gasteiger partial charge in [0, 0.05) is 11.8 Å². The van der Waals surface area contributed by atoms with Gasteiger partial charge >= 0.3 is 0 Å². The molecule has 1 aromatic heterocycles. The largest absolute Gasteiger partial charge is 0.508 e. The van der Waals surface area contributed by atoms with Gasteiger partial charge in [0.2, 0.25) is 0 Å². The van der Waals surface area contributed by atoms with Crippen molar-refractivity contribution in [3.05, 3.63) is 57.5 Å². The lowest BCUT2D eigenvalue weighted by molar-refractivity contribution is 0.472. The van der Waals surface area contributed by atoms with Gasteiger partial charge in [0.05, 0.1) is 5.69 Å². The van der Waals surface area contributed by atoms with Gasteiger partial charge in [0.25, 0.3) is 5.56 Å². The lowest BCUT2D eigenvalue weighted by Crippen LogP contribution is -2.20. The van der Waals surface area contributed by atoms with Gasteiger partial charge in [-0.05, 0) is 38.0 Å². The van der Waals surface area contributed by atoms with E-state index in [-0.39, 0.29) is 11.3 Å². The highest BCUT2D eigenvalue weighted by molar-refractivity contribution is 5.48. The molecular formula is C14H15NO2. The molecule has 0 bridgehead atoms. The van der Waals surface area contributed by atoms with Crippen molar-refractivity contribution in [1.29, 1.82) is 0 Å². The van der Waals surface area contributed by atoms with Crippen molar-refractivity contribution in [2.45, 2.75) is 20.8 Å². The van der Waals surface area contributed by atoms with Crippen molar-refractivity contribution in [3.8, 4) is 11.4 Å². The first-order valence-corrected chi connectivity index (χ1v) is 5.50. The summed E-state index contributed by atoms with van der Waals surface area (Å²) < 4.78 is 1.63. The zero-order chi connectivity index (χ0) is 12.6. The first-order valence-electron chi connectivity index (χ1n) is 5.50. The summed E-state index contributed by atoms with van der Waals surface area (Å²) in [6.07, 6.45) is 0. The Labute approximate surface area is 100.0 Å². The monoisotopic (exact) mass is 229 g/mol. The Kier molecular flexibility index (Phi) is 2.76. The van der Waals surface area contributed by atoms with Crippen molar-refractivity contribution in [2.75, 3.05) is 0 Å². The molecule has 88 valence electrons. The van der Waals surface area contributed by atoms with Crippen LogP contribution in [0, 0.1) is 20.8 Å². The van der Waals surface area contributed by atoms with Gasteiger partial charge in [0.15, 0.2) is 0 Å². The van der Waals surface area contributed by atoms with E-state index in [4.69, 9.17) is 0 Å². The third kappa shape index (κ3) is 1.96. The summed E-state index contributed by atoms with van der Waals surface area (Å²) >= 11 is 0. The van der Waals surface area contributed by atoms with Gasteiger partial charge in [-0.3, -0.25) is 9.36 Å².